The van der Waals surface area contributed by atoms with Crippen molar-refractivity contribution in [3.63, 3.8) is 0 Å². The zero-order chi connectivity index (χ0) is 19.7. The van der Waals surface area contributed by atoms with Gasteiger partial charge in [-0.3, -0.25) is 24.0 Å². The summed E-state index contributed by atoms with van der Waals surface area (Å²) in [7, 11) is 0. The Kier molecular flexibility index (Phi) is 4.70. The Balaban J connectivity index is 1.51. The second-order valence-corrected chi connectivity index (χ2v) is 6.87. The number of hydrogen-bond acceptors (Lipinski definition) is 6. The van der Waals surface area contributed by atoms with Gasteiger partial charge in [-0.25, -0.2) is 4.79 Å². The minimum atomic E-state index is -0.666. The van der Waals surface area contributed by atoms with Gasteiger partial charge < -0.3 is 10.1 Å². The highest BCUT2D eigenvalue weighted by molar-refractivity contribution is 9.10. The number of aromatic nitrogens is 2. The summed E-state index contributed by atoms with van der Waals surface area (Å²) in [5, 5.41) is 6.35. The average molecular weight is 445 g/mol. The molecule has 1 aliphatic heterocycles. The first-order chi connectivity index (χ1) is 13.5. The first-order valence-electron chi connectivity index (χ1n) is 8.18. The van der Waals surface area contributed by atoms with E-state index in [2.05, 4.69) is 35.9 Å². The Morgan fingerprint density at radius 2 is 2.11 bits per heavy atom. The van der Waals surface area contributed by atoms with Crippen LogP contribution in [-0.4, -0.2) is 35.1 Å². The van der Waals surface area contributed by atoms with Gasteiger partial charge in [0, 0.05) is 15.7 Å². The smallest absolute Gasteiger partial charge is 0.439 e. The van der Waals surface area contributed by atoms with Crippen molar-refractivity contribution in [1.82, 2.24) is 10.1 Å². The number of carbonyl (C=O) groups is 2. The van der Waals surface area contributed by atoms with E-state index >= 15 is 0 Å². The molecule has 1 aliphatic rings. The number of halogens is 1. The lowest BCUT2D eigenvalue weighted by atomic mass is 10.2. The molecule has 9 nitrogen and oxygen atoms in total. The molecule has 4 rings (SSSR count). The van der Waals surface area contributed by atoms with E-state index < -0.39 is 5.76 Å². The maximum Gasteiger partial charge on any atom is 0.439 e. The molecule has 142 valence electrons. The number of benzene rings is 2. The summed E-state index contributed by atoms with van der Waals surface area (Å²) in [6.45, 7) is -0.298. The molecule has 0 saturated carbocycles. The topological polar surface area (TPSA) is 118 Å². The lowest BCUT2D eigenvalue weighted by Gasteiger charge is -2.29. The van der Waals surface area contributed by atoms with Crippen LogP contribution in [0.15, 0.2) is 56.3 Å². The fourth-order valence-electron chi connectivity index (χ4n) is 2.79. The van der Waals surface area contributed by atoms with Crippen LogP contribution in [0.1, 0.15) is 0 Å². The molecule has 0 unspecified atom stereocenters. The van der Waals surface area contributed by atoms with Crippen molar-refractivity contribution in [3.05, 3.63) is 57.5 Å². The summed E-state index contributed by atoms with van der Waals surface area (Å²) in [6.07, 6.45) is 0. The van der Waals surface area contributed by atoms with Gasteiger partial charge in [0.2, 0.25) is 5.91 Å². The fourth-order valence-corrected chi connectivity index (χ4v) is 3.13. The van der Waals surface area contributed by atoms with Crippen LogP contribution in [0.3, 0.4) is 0 Å². The van der Waals surface area contributed by atoms with Crippen molar-refractivity contribution in [2.45, 2.75) is 0 Å². The normalized spacial score (nSPS) is 13.0. The van der Waals surface area contributed by atoms with Crippen LogP contribution in [0, 0.1) is 0 Å². The summed E-state index contributed by atoms with van der Waals surface area (Å²) >= 11 is 3.35. The van der Waals surface area contributed by atoms with Crippen LogP contribution >= 0.6 is 15.9 Å². The Bertz CT molecular complexity index is 1120. The molecule has 2 amide bonds. The molecule has 0 bridgehead atoms. The minimum Gasteiger partial charge on any atom is -0.482 e. The average Bonchev–Trinajstić information content (AvgIpc) is 3.11. The monoisotopic (exact) mass is 444 g/mol. The van der Waals surface area contributed by atoms with Gasteiger partial charge in [-0.15, -0.1) is 0 Å². The van der Waals surface area contributed by atoms with E-state index in [1.54, 1.807) is 42.5 Å². The summed E-state index contributed by atoms with van der Waals surface area (Å²) in [6, 6.07) is 12.0. The second kappa shape index (κ2) is 7.31. The largest absolute Gasteiger partial charge is 0.482 e. The summed E-state index contributed by atoms with van der Waals surface area (Å²) in [5.74, 6) is -0.572. The van der Waals surface area contributed by atoms with E-state index in [0.717, 1.165) is 4.47 Å². The number of aromatic amines is 1. The third kappa shape index (κ3) is 3.67. The highest BCUT2D eigenvalue weighted by Crippen LogP contribution is 2.34. The quantitative estimate of drug-likeness (QED) is 0.636. The third-order valence-corrected chi connectivity index (χ3v) is 4.52. The number of H-pyrrole nitrogens is 1. The molecule has 0 aliphatic carbocycles. The number of nitrogens with zero attached hydrogens (tertiary/aromatic N) is 2. The molecule has 2 aromatic carbocycles. The van der Waals surface area contributed by atoms with Crippen LogP contribution in [0.25, 0.3) is 11.4 Å². The predicted octanol–water partition coefficient (Wildman–Crippen LogP) is 2.16. The maximum atomic E-state index is 12.5. The summed E-state index contributed by atoms with van der Waals surface area (Å²) < 4.78 is 10.7. The van der Waals surface area contributed by atoms with Crippen LogP contribution in [0.4, 0.5) is 11.4 Å². The van der Waals surface area contributed by atoms with Crippen molar-refractivity contribution in [2.75, 3.05) is 23.4 Å². The van der Waals surface area contributed by atoms with E-state index in [1.807, 2.05) is 0 Å². The third-order valence-electron chi connectivity index (χ3n) is 4.03. The van der Waals surface area contributed by atoms with Gasteiger partial charge >= 0.3 is 5.76 Å². The van der Waals surface area contributed by atoms with E-state index in [1.165, 1.54) is 4.90 Å². The van der Waals surface area contributed by atoms with Crippen molar-refractivity contribution in [2.24, 2.45) is 0 Å². The Hall–Kier alpha value is -3.40. The standard InChI is InChI=1S/C18H13BrN4O5/c19-11-4-5-13-14(7-11)27-9-16(25)23(13)8-15(24)20-12-3-1-2-10(6-12)17-21-18(26)28-22-17/h1-7H,8-9H2,(H,20,24)(H,21,22,26). The number of anilines is 2. The van der Waals surface area contributed by atoms with E-state index in [9.17, 15) is 14.4 Å². The van der Waals surface area contributed by atoms with Crippen LogP contribution in [-0.2, 0) is 9.59 Å². The predicted molar refractivity (Wildman–Crippen MR) is 103 cm³/mol. The Morgan fingerprint density at radius 3 is 2.89 bits per heavy atom. The molecule has 0 atom stereocenters. The number of rotatable bonds is 4. The zero-order valence-corrected chi connectivity index (χ0v) is 15.9. The molecule has 28 heavy (non-hydrogen) atoms. The van der Waals surface area contributed by atoms with Gasteiger partial charge in [0.25, 0.3) is 5.91 Å². The molecular formula is C18H13BrN4O5. The molecule has 0 fully saturated rings. The maximum absolute atomic E-state index is 12.5. The van der Waals surface area contributed by atoms with Gasteiger partial charge in [0.15, 0.2) is 12.4 Å². The number of amides is 2. The first-order valence-corrected chi connectivity index (χ1v) is 8.98. The Morgan fingerprint density at radius 1 is 1.25 bits per heavy atom. The Labute approximate surface area is 166 Å². The highest BCUT2D eigenvalue weighted by Gasteiger charge is 2.27. The van der Waals surface area contributed by atoms with Crippen molar-refractivity contribution < 1.29 is 18.8 Å². The highest BCUT2D eigenvalue weighted by atomic mass is 79.9. The van der Waals surface area contributed by atoms with Crippen molar-refractivity contribution in [3.8, 4) is 17.1 Å². The second-order valence-electron chi connectivity index (χ2n) is 5.95. The lowest BCUT2D eigenvalue weighted by Crippen LogP contribution is -2.43. The summed E-state index contributed by atoms with van der Waals surface area (Å²) in [5.41, 5.74) is 1.59. The molecule has 2 heterocycles. The fraction of sp³-hybridized carbons (Fsp3) is 0.111. The van der Waals surface area contributed by atoms with Gasteiger partial charge in [0.1, 0.15) is 12.3 Å². The van der Waals surface area contributed by atoms with Crippen molar-refractivity contribution >= 4 is 39.1 Å². The molecular weight excluding hydrogens is 432 g/mol. The van der Waals surface area contributed by atoms with Gasteiger partial charge in [-0.2, -0.15) is 0 Å². The van der Waals surface area contributed by atoms with E-state index in [0.29, 0.717) is 22.7 Å². The molecule has 1 aromatic heterocycles. The number of nitrogens with one attached hydrogen (secondary N) is 2. The number of ether oxygens (including phenoxy) is 1. The number of hydrogen-bond donors (Lipinski definition) is 2. The van der Waals surface area contributed by atoms with Crippen LogP contribution in [0.5, 0.6) is 5.75 Å². The molecule has 3 aromatic rings. The lowest BCUT2D eigenvalue weighted by molar-refractivity contribution is -0.123. The number of fused-ring (bicyclic) bond motifs is 1. The van der Waals surface area contributed by atoms with E-state index in [-0.39, 0.29) is 30.8 Å². The molecule has 2 N–H and O–H groups in total. The molecule has 0 spiro atoms. The zero-order valence-electron chi connectivity index (χ0n) is 14.3. The van der Waals surface area contributed by atoms with Crippen LogP contribution in [0.2, 0.25) is 0 Å². The van der Waals surface area contributed by atoms with Gasteiger partial charge in [0.05, 0.1) is 5.69 Å². The number of carbonyl (C=O) groups excluding carboxylic acids is 2. The van der Waals surface area contributed by atoms with Gasteiger partial charge in [-0.1, -0.05) is 33.2 Å². The molecule has 0 saturated heterocycles. The summed E-state index contributed by atoms with van der Waals surface area (Å²) in [4.78, 5) is 39.6. The minimum absolute atomic E-state index is 0.133. The SMILES string of the molecule is O=C(CN1C(=O)COc2cc(Br)ccc21)Nc1cccc(-c2noc(=O)[nH]2)c1. The molecule has 0 radical (unpaired) electrons. The first kappa shape index (κ1) is 18.0. The molecule has 10 heteroatoms. The van der Waals surface area contributed by atoms with Crippen LogP contribution < -0.4 is 20.7 Å². The van der Waals surface area contributed by atoms with E-state index in [4.69, 9.17) is 4.74 Å². The van der Waals surface area contributed by atoms with Gasteiger partial charge in [-0.05, 0) is 30.3 Å². The van der Waals surface area contributed by atoms with Crippen molar-refractivity contribution in [1.29, 1.82) is 0 Å².